The number of hydrogen-bond donors (Lipinski definition) is 1. The number of rotatable bonds is 6. The highest BCUT2D eigenvalue weighted by Crippen LogP contribution is 2.18. The summed E-state index contributed by atoms with van der Waals surface area (Å²) in [6, 6.07) is 4.67. The number of ether oxygens (including phenoxy) is 1. The van der Waals surface area contributed by atoms with Crippen LogP contribution in [-0.4, -0.2) is 68.7 Å². The second-order valence-electron chi connectivity index (χ2n) is 6.39. The third-order valence-electron chi connectivity index (χ3n) is 4.33. The Kier molecular flexibility index (Phi) is 6.55. The number of likely N-dealkylation sites (tertiary alicyclic amines) is 1. The third kappa shape index (κ3) is 4.83. The Labute approximate surface area is 158 Å². The first-order chi connectivity index (χ1) is 12.6. The summed E-state index contributed by atoms with van der Waals surface area (Å²) in [6.45, 7) is -0.173. The molecule has 9 nitrogen and oxygen atoms in total. The van der Waals surface area contributed by atoms with Crippen molar-refractivity contribution in [2.75, 3.05) is 27.2 Å². The van der Waals surface area contributed by atoms with Gasteiger partial charge < -0.3 is 15.4 Å². The van der Waals surface area contributed by atoms with E-state index in [1.54, 1.807) is 0 Å². The predicted molar refractivity (Wildman–Crippen MR) is 96.1 cm³/mol. The van der Waals surface area contributed by atoms with Gasteiger partial charge in [-0.25, -0.2) is 17.5 Å². The fraction of sp³-hybridized carbons (Fsp3) is 0.471. The van der Waals surface area contributed by atoms with Crippen LogP contribution in [0.4, 0.5) is 0 Å². The molecule has 1 fully saturated rings. The maximum absolute atomic E-state index is 12.3. The molecule has 0 radical (unpaired) electrons. The van der Waals surface area contributed by atoms with Crippen molar-refractivity contribution < 1.29 is 27.5 Å². The number of nitrogens with zero attached hydrogens (tertiary/aromatic N) is 2. The van der Waals surface area contributed by atoms with Crippen LogP contribution in [0, 0.1) is 0 Å². The molecular formula is C17H23N3O6S. The third-order valence-corrected chi connectivity index (χ3v) is 6.14. The van der Waals surface area contributed by atoms with E-state index < -0.39 is 40.5 Å². The zero-order valence-electron chi connectivity index (χ0n) is 15.3. The molecule has 0 aromatic heterocycles. The molecule has 1 aromatic rings. The van der Waals surface area contributed by atoms with Crippen molar-refractivity contribution >= 4 is 27.8 Å². The van der Waals surface area contributed by atoms with Crippen LogP contribution in [0.25, 0.3) is 0 Å². The summed E-state index contributed by atoms with van der Waals surface area (Å²) in [5.41, 5.74) is 5.33. The van der Waals surface area contributed by atoms with Crippen molar-refractivity contribution in [3.63, 3.8) is 0 Å². The first kappa shape index (κ1) is 20.8. The van der Waals surface area contributed by atoms with Gasteiger partial charge in [-0.15, -0.1) is 0 Å². The van der Waals surface area contributed by atoms with Crippen LogP contribution in [0.1, 0.15) is 29.6 Å². The Hall–Kier alpha value is -2.46. The molecule has 0 unspecified atom stereocenters. The van der Waals surface area contributed by atoms with Gasteiger partial charge >= 0.3 is 5.97 Å². The quantitative estimate of drug-likeness (QED) is 0.671. The van der Waals surface area contributed by atoms with Crippen molar-refractivity contribution in [1.82, 2.24) is 9.21 Å². The smallest absolute Gasteiger partial charge is 0.338 e. The molecule has 1 atom stereocenters. The lowest BCUT2D eigenvalue weighted by Crippen LogP contribution is -2.51. The van der Waals surface area contributed by atoms with E-state index in [9.17, 15) is 22.8 Å². The number of benzene rings is 1. The molecule has 10 heteroatoms. The van der Waals surface area contributed by atoms with E-state index in [1.165, 1.54) is 43.3 Å². The highest BCUT2D eigenvalue weighted by Gasteiger charge is 2.31. The van der Waals surface area contributed by atoms with Gasteiger partial charge in [0.25, 0.3) is 5.91 Å². The van der Waals surface area contributed by atoms with Crippen LogP contribution in [0.5, 0.6) is 0 Å². The van der Waals surface area contributed by atoms with E-state index >= 15 is 0 Å². The average Bonchev–Trinajstić information content (AvgIpc) is 2.65. The van der Waals surface area contributed by atoms with Gasteiger partial charge in [-0.1, -0.05) is 6.07 Å². The average molecular weight is 397 g/mol. The molecule has 0 bridgehead atoms. The van der Waals surface area contributed by atoms with Crippen LogP contribution < -0.4 is 5.73 Å². The Bertz CT molecular complexity index is 837. The van der Waals surface area contributed by atoms with Crippen molar-refractivity contribution in [2.45, 2.75) is 30.2 Å². The Morgan fingerprint density at radius 1 is 1.26 bits per heavy atom. The van der Waals surface area contributed by atoms with E-state index in [1.807, 2.05) is 0 Å². The fourth-order valence-corrected chi connectivity index (χ4v) is 3.76. The first-order valence-electron chi connectivity index (χ1n) is 8.43. The summed E-state index contributed by atoms with van der Waals surface area (Å²) in [6.07, 6.45) is 2.03. The lowest BCUT2D eigenvalue weighted by Gasteiger charge is -2.33. The van der Waals surface area contributed by atoms with Crippen LogP contribution in [-0.2, 0) is 24.3 Å². The van der Waals surface area contributed by atoms with Gasteiger partial charge in [-0.2, -0.15) is 0 Å². The topological polar surface area (TPSA) is 127 Å². The van der Waals surface area contributed by atoms with E-state index in [2.05, 4.69) is 0 Å². The van der Waals surface area contributed by atoms with Gasteiger partial charge in [0.15, 0.2) is 6.61 Å². The number of sulfonamides is 1. The van der Waals surface area contributed by atoms with Crippen LogP contribution in [0.3, 0.4) is 0 Å². The molecule has 1 aliphatic rings. The summed E-state index contributed by atoms with van der Waals surface area (Å²) in [4.78, 5) is 37.2. The summed E-state index contributed by atoms with van der Waals surface area (Å²) in [5.74, 6) is -1.92. The molecule has 0 spiro atoms. The van der Waals surface area contributed by atoms with Gasteiger partial charge in [-0.3, -0.25) is 9.59 Å². The van der Waals surface area contributed by atoms with Gasteiger partial charge in [-0.05, 0) is 37.5 Å². The number of amides is 2. The lowest BCUT2D eigenvalue weighted by molar-refractivity contribution is -0.143. The number of hydrogen-bond acceptors (Lipinski definition) is 6. The highest BCUT2D eigenvalue weighted by molar-refractivity contribution is 7.89. The van der Waals surface area contributed by atoms with Gasteiger partial charge in [0.05, 0.1) is 10.5 Å². The molecule has 2 amide bonds. The molecule has 1 saturated heterocycles. The van der Waals surface area contributed by atoms with E-state index in [-0.39, 0.29) is 10.5 Å². The van der Waals surface area contributed by atoms with Crippen molar-refractivity contribution in [3.8, 4) is 0 Å². The van der Waals surface area contributed by atoms with E-state index in [4.69, 9.17) is 10.5 Å². The normalized spacial score (nSPS) is 17.6. The number of carbonyl (C=O) groups is 3. The maximum Gasteiger partial charge on any atom is 0.338 e. The number of nitrogens with two attached hydrogens (primary N) is 1. The summed E-state index contributed by atoms with van der Waals surface area (Å²) >= 11 is 0. The molecule has 1 heterocycles. The largest absolute Gasteiger partial charge is 0.452 e. The summed E-state index contributed by atoms with van der Waals surface area (Å²) in [7, 11) is -0.936. The van der Waals surface area contributed by atoms with Gasteiger partial charge in [0.2, 0.25) is 15.9 Å². The van der Waals surface area contributed by atoms with Crippen LogP contribution in [0.2, 0.25) is 0 Å². The lowest BCUT2D eigenvalue weighted by atomic mass is 10.0. The first-order valence-corrected chi connectivity index (χ1v) is 9.87. The Morgan fingerprint density at radius 3 is 2.59 bits per heavy atom. The number of piperidine rings is 1. The van der Waals surface area contributed by atoms with Gasteiger partial charge in [0.1, 0.15) is 6.04 Å². The van der Waals surface area contributed by atoms with E-state index in [0.29, 0.717) is 13.0 Å². The number of primary amides is 1. The number of carbonyl (C=O) groups excluding carboxylic acids is 3. The zero-order valence-corrected chi connectivity index (χ0v) is 16.1. The van der Waals surface area contributed by atoms with Gasteiger partial charge in [0, 0.05) is 20.6 Å². The second kappa shape index (κ2) is 8.49. The Balaban J connectivity index is 2.05. The predicted octanol–water partition coefficient (Wildman–Crippen LogP) is -0.0399. The fourth-order valence-electron chi connectivity index (χ4n) is 2.81. The molecule has 2 rings (SSSR count). The minimum Gasteiger partial charge on any atom is -0.452 e. The standard InChI is InChI=1S/C17H23N3O6S/c1-19(2)27(24,25)13-7-5-6-12(10-13)17(23)26-11-15(21)20-9-4-3-8-14(20)16(18)22/h5-7,10,14H,3-4,8-9,11H2,1-2H3,(H2,18,22)/t14-/m0/s1. The SMILES string of the molecule is CN(C)S(=O)(=O)c1cccc(C(=O)OCC(=O)N2CCCC[C@H]2C(N)=O)c1. The van der Waals surface area contributed by atoms with Crippen LogP contribution in [0.15, 0.2) is 29.2 Å². The second-order valence-corrected chi connectivity index (χ2v) is 8.54. The maximum atomic E-state index is 12.3. The minimum atomic E-state index is -3.70. The highest BCUT2D eigenvalue weighted by atomic mass is 32.2. The molecule has 1 aromatic carbocycles. The minimum absolute atomic E-state index is 0.0100. The molecule has 1 aliphatic heterocycles. The summed E-state index contributed by atoms with van der Waals surface area (Å²) < 4.78 is 30.3. The van der Waals surface area contributed by atoms with E-state index in [0.717, 1.165) is 17.1 Å². The monoisotopic (exact) mass is 397 g/mol. The molecule has 148 valence electrons. The van der Waals surface area contributed by atoms with Crippen molar-refractivity contribution in [2.24, 2.45) is 5.73 Å². The Morgan fingerprint density at radius 2 is 1.96 bits per heavy atom. The zero-order chi connectivity index (χ0) is 20.2. The molecular weight excluding hydrogens is 374 g/mol. The number of esters is 1. The molecule has 27 heavy (non-hydrogen) atoms. The molecule has 2 N–H and O–H groups in total. The summed E-state index contributed by atoms with van der Waals surface area (Å²) in [5, 5.41) is 0. The van der Waals surface area contributed by atoms with Crippen molar-refractivity contribution in [1.29, 1.82) is 0 Å². The van der Waals surface area contributed by atoms with Crippen LogP contribution >= 0.6 is 0 Å². The molecule has 0 saturated carbocycles. The van der Waals surface area contributed by atoms with Crippen molar-refractivity contribution in [3.05, 3.63) is 29.8 Å². The molecule has 0 aliphatic carbocycles.